The highest BCUT2D eigenvalue weighted by atomic mass is 32.2. The first-order valence-corrected chi connectivity index (χ1v) is 19.5. The van der Waals surface area contributed by atoms with Gasteiger partial charge in [0.15, 0.2) is 10.1 Å². The molecule has 0 radical (unpaired) electrons. The van der Waals surface area contributed by atoms with Gasteiger partial charge < -0.3 is 23.4 Å². The second-order valence-corrected chi connectivity index (χ2v) is 16.3. The summed E-state index contributed by atoms with van der Waals surface area (Å²) in [5.74, 6) is -1.78. The molecule has 5 heterocycles. The van der Waals surface area contributed by atoms with E-state index in [1.165, 1.54) is 78.5 Å². The number of hydrogen-bond donors (Lipinski definition) is 0. The van der Waals surface area contributed by atoms with Crippen molar-refractivity contribution in [1.82, 2.24) is 9.80 Å². The Hall–Kier alpha value is -4.91. The van der Waals surface area contributed by atoms with Crippen LogP contribution in [-0.4, -0.2) is 114 Å². The molecule has 3 aromatic carbocycles. The highest BCUT2D eigenvalue weighted by Gasteiger charge is 2.59. The van der Waals surface area contributed by atoms with Gasteiger partial charge in [0.2, 0.25) is 5.91 Å². The number of nitro groups is 1. The van der Waals surface area contributed by atoms with E-state index >= 15 is 0 Å². The molecule has 0 aromatic heterocycles. The smallest absolute Gasteiger partial charge is 0.485 e. The van der Waals surface area contributed by atoms with Crippen molar-refractivity contribution in [2.45, 2.75) is 38.7 Å². The van der Waals surface area contributed by atoms with Gasteiger partial charge in [0, 0.05) is 55.1 Å². The molecule has 4 saturated heterocycles. The third kappa shape index (κ3) is 8.00. The van der Waals surface area contributed by atoms with E-state index < -0.39 is 32.5 Å². The zero-order valence-electron chi connectivity index (χ0n) is 30.9. The number of esters is 2. The topological polar surface area (TPSA) is 176 Å². The van der Waals surface area contributed by atoms with Crippen LogP contribution < -0.4 is 4.74 Å². The SMILES string of the molecule is CC(C)[C@H]1C(=O)N2C(C(=O)OC(=O)c3ccc([N+](=O)[O-])cc3)=C(COc3cccc4c(CC[N+]56CCN(CC5)CC6)cccc34)[C@H](C)[C@H]12.O=S(=O)([O-])C(F)(F)F. The largest absolute Gasteiger partial charge is 0.741 e. The number of carbonyl (C=O) groups is 3. The van der Waals surface area contributed by atoms with Gasteiger partial charge in [0.05, 0.1) is 48.6 Å². The Balaban J connectivity index is 0.000000601. The van der Waals surface area contributed by atoms with Crippen LogP contribution in [0.1, 0.15) is 36.7 Å². The van der Waals surface area contributed by atoms with Crippen molar-refractivity contribution in [3.05, 3.63) is 93.2 Å². The third-order valence-electron chi connectivity index (χ3n) is 11.4. The molecule has 18 heteroatoms. The van der Waals surface area contributed by atoms with Gasteiger partial charge in [-0.05, 0) is 35.1 Å². The molecule has 0 saturated carbocycles. The summed E-state index contributed by atoms with van der Waals surface area (Å²) in [7, 11) is -6.09. The standard InChI is InChI=1S/C37H41N4O7.CHF3O3S/c1-23(2)32-33-24(3)30(34(39(33)35(32)42)37(44)48-36(43)26-10-12-27(13-11-26)40(45)46)22-47-31-9-5-7-28-25(6-4-8-29(28)31)14-18-41-19-15-38(16-20-41)17-21-41;2-1(3,4)8(5,6)7/h4-13,23-24,32-33H,14-22H2,1-3H3;(H,5,6,7)/q+1;/p-1/t24-,32+,33+;/m0./s1. The molecule has 4 fully saturated rings. The molecular formula is C38H41F3N4O10S. The number of quaternary nitrogens is 1. The number of nitrogens with zero attached hydrogens (tertiary/aromatic N) is 4. The van der Waals surface area contributed by atoms with Crippen LogP contribution in [0.25, 0.3) is 10.8 Å². The summed E-state index contributed by atoms with van der Waals surface area (Å²) in [4.78, 5) is 54.4. The molecule has 3 atom stereocenters. The van der Waals surface area contributed by atoms with Crippen LogP contribution in [0.2, 0.25) is 0 Å². The summed E-state index contributed by atoms with van der Waals surface area (Å²) in [6, 6.07) is 16.9. The average molecular weight is 803 g/mol. The van der Waals surface area contributed by atoms with Gasteiger partial charge in [0.25, 0.3) is 5.69 Å². The zero-order valence-corrected chi connectivity index (χ0v) is 31.7. The van der Waals surface area contributed by atoms with E-state index in [1.54, 1.807) is 0 Å². The lowest BCUT2D eigenvalue weighted by atomic mass is 9.74. The Morgan fingerprint density at radius 3 is 2.12 bits per heavy atom. The molecule has 0 aliphatic carbocycles. The van der Waals surface area contributed by atoms with Crippen molar-refractivity contribution in [3.8, 4) is 5.75 Å². The number of carbonyl (C=O) groups excluding carboxylic acids is 3. The number of piperazine rings is 3. The van der Waals surface area contributed by atoms with E-state index in [9.17, 15) is 37.7 Å². The Bertz CT molecular complexity index is 2170. The Labute approximate surface area is 320 Å². The van der Waals surface area contributed by atoms with Crippen LogP contribution in [0.3, 0.4) is 0 Å². The van der Waals surface area contributed by atoms with Gasteiger partial charge in [-0.25, -0.2) is 18.0 Å². The summed E-state index contributed by atoms with van der Waals surface area (Å²) in [6.07, 6.45) is 0.983. The van der Waals surface area contributed by atoms with Crippen molar-refractivity contribution in [2.24, 2.45) is 17.8 Å². The lowest BCUT2D eigenvalue weighted by Crippen LogP contribution is -2.67. The van der Waals surface area contributed by atoms with Gasteiger partial charge in [-0.1, -0.05) is 51.1 Å². The third-order valence-corrected chi connectivity index (χ3v) is 11.9. The highest BCUT2D eigenvalue weighted by Crippen LogP contribution is 2.49. The fourth-order valence-electron chi connectivity index (χ4n) is 8.19. The minimum Gasteiger partial charge on any atom is -0.741 e. The fourth-order valence-corrected chi connectivity index (χ4v) is 8.19. The van der Waals surface area contributed by atoms with Gasteiger partial charge in [-0.15, -0.1) is 0 Å². The molecule has 56 heavy (non-hydrogen) atoms. The number of alkyl halides is 3. The quantitative estimate of drug-likeness (QED) is 0.0408. The molecular weight excluding hydrogens is 761 g/mol. The van der Waals surface area contributed by atoms with Crippen LogP contribution in [0.15, 0.2) is 71.9 Å². The molecule has 1 amide bonds. The Morgan fingerprint density at radius 2 is 1.55 bits per heavy atom. The summed E-state index contributed by atoms with van der Waals surface area (Å²) < 4.78 is 71.8. The Kier molecular flexibility index (Phi) is 11.3. The zero-order chi connectivity index (χ0) is 40.7. The molecule has 8 rings (SSSR count). The summed E-state index contributed by atoms with van der Waals surface area (Å²) in [5.41, 5.74) is -3.91. The predicted molar refractivity (Wildman–Crippen MR) is 194 cm³/mol. The van der Waals surface area contributed by atoms with Crippen LogP contribution >= 0.6 is 0 Å². The number of amides is 1. The van der Waals surface area contributed by atoms with E-state index in [2.05, 4.69) is 29.2 Å². The Morgan fingerprint density at radius 1 is 0.964 bits per heavy atom. The molecule has 300 valence electrons. The predicted octanol–water partition coefficient (Wildman–Crippen LogP) is 4.64. The number of benzene rings is 3. The number of rotatable bonds is 10. The molecule has 14 nitrogen and oxygen atoms in total. The molecule has 5 aliphatic heterocycles. The number of fused-ring (bicyclic) bond motifs is 5. The molecule has 0 spiro atoms. The maximum atomic E-state index is 13.6. The number of hydrogen-bond acceptors (Lipinski definition) is 11. The minimum atomic E-state index is -6.09. The van der Waals surface area contributed by atoms with Gasteiger partial charge in [-0.3, -0.25) is 19.8 Å². The van der Waals surface area contributed by atoms with E-state index in [0.29, 0.717) is 11.3 Å². The first kappa shape index (κ1) is 40.7. The van der Waals surface area contributed by atoms with E-state index in [4.69, 9.17) is 22.4 Å². The van der Waals surface area contributed by atoms with Gasteiger partial charge >= 0.3 is 17.4 Å². The number of β-lactam (4-membered cyclic amide) rings is 1. The summed E-state index contributed by atoms with van der Waals surface area (Å²) in [5, 5.41) is 13.2. The fraction of sp³-hybridized carbons (Fsp3) is 0.447. The van der Waals surface area contributed by atoms with Gasteiger partial charge in [-0.2, -0.15) is 13.2 Å². The highest BCUT2D eigenvalue weighted by molar-refractivity contribution is 7.86. The number of halogens is 3. The van der Waals surface area contributed by atoms with Crippen LogP contribution in [-0.2, 0) is 30.9 Å². The lowest BCUT2D eigenvalue weighted by molar-refractivity contribution is -0.940. The van der Waals surface area contributed by atoms with E-state index in [1.807, 2.05) is 32.9 Å². The van der Waals surface area contributed by atoms with E-state index in [0.717, 1.165) is 23.7 Å². The number of non-ortho nitro benzene ring substituents is 1. The average Bonchev–Trinajstić information content (AvgIpc) is 3.40. The summed E-state index contributed by atoms with van der Waals surface area (Å²) >= 11 is 0. The molecule has 0 N–H and O–H groups in total. The first-order valence-electron chi connectivity index (χ1n) is 18.1. The van der Waals surface area contributed by atoms with Gasteiger partial charge in [0.1, 0.15) is 18.1 Å². The first-order chi connectivity index (χ1) is 26.3. The second-order valence-electron chi connectivity index (χ2n) is 14.9. The molecule has 0 unspecified atom stereocenters. The lowest BCUT2D eigenvalue weighted by Gasteiger charge is -2.50. The molecule has 2 bridgehead atoms. The molecule has 3 aromatic rings. The van der Waals surface area contributed by atoms with Crippen molar-refractivity contribution in [3.63, 3.8) is 0 Å². The maximum Gasteiger partial charge on any atom is 0.485 e. The number of nitro benzene ring substituents is 1. The number of ether oxygens (including phenoxy) is 2. The summed E-state index contributed by atoms with van der Waals surface area (Å²) in [6.45, 7) is 14.3. The van der Waals surface area contributed by atoms with Crippen LogP contribution in [0.5, 0.6) is 5.75 Å². The van der Waals surface area contributed by atoms with Crippen molar-refractivity contribution in [1.29, 1.82) is 0 Å². The van der Waals surface area contributed by atoms with Crippen molar-refractivity contribution < 1.29 is 59.4 Å². The maximum absolute atomic E-state index is 13.6. The van der Waals surface area contributed by atoms with Crippen molar-refractivity contribution in [2.75, 3.05) is 52.4 Å². The van der Waals surface area contributed by atoms with Crippen molar-refractivity contribution >= 4 is 44.4 Å². The second kappa shape index (κ2) is 15.6. The van der Waals surface area contributed by atoms with Crippen LogP contribution in [0, 0.1) is 27.9 Å². The minimum absolute atomic E-state index is 0.0103. The van der Waals surface area contributed by atoms with Crippen LogP contribution in [0.4, 0.5) is 18.9 Å². The van der Waals surface area contributed by atoms with E-state index in [-0.39, 0.29) is 53.3 Å². The monoisotopic (exact) mass is 802 g/mol. The molecule has 5 aliphatic rings. The normalized spacial score (nSPS) is 24.4.